The van der Waals surface area contributed by atoms with Crippen LogP contribution in [0.3, 0.4) is 0 Å². The van der Waals surface area contributed by atoms with Crippen molar-refractivity contribution in [2.75, 3.05) is 18.7 Å². The van der Waals surface area contributed by atoms with Gasteiger partial charge in [0.2, 0.25) is 6.35 Å². The zero-order valence-corrected chi connectivity index (χ0v) is 12.0. The quantitative estimate of drug-likeness (QED) is 0.586. The van der Waals surface area contributed by atoms with Crippen LogP contribution in [-0.4, -0.2) is 49.8 Å². The number of aromatic nitrogens is 4. The van der Waals surface area contributed by atoms with Crippen LogP contribution in [0.2, 0.25) is 0 Å². The van der Waals surface area contributed by atoms with Gasteiger partial charge >= 0.3 is 8.46 Å². The van der Waals surface area contributed by atoms with Gasteiger partial charge in [0.25, 0.3) is 0 Å². The molecule has 21 heavy (non-hydrogen) atoms. The van der Waals surface area contributed by atoms with E-state index in [0.717, 1.165) is 0 Å². The molecule has 112 valence electrons. The number of nitrogens with two attached hydrogens (primary N) is 1. The summed E-state index contributed by atoms with van der Waals surface area (Å²) in [6.45, 7) is 0.284. The Morgan fingerprint density at radius 2 is 2.38 bits per heavy atom. The van der Waals surface area contributed by atoms with Crippen LogP contribution in [0.5, 0.6) is 0 Å². The maximum absolute atomic E-state index is 10.4. The van der Waals surface area contributed by atoms with Gasteiger partial charge in [-0.2, -0.15) is 0 Å². The summed E-state index contributed by atoms with van der Waals surface area (Å²) in [5.74, 6) is 0.280. The number of fused-ring (bicyclic) bond motifs is 1. The molecule has 3 rings (SSSR count). The predicted octanol–water partition coefficient (Wildman–Crippen LogP) is 0.0550. The molecule has 0 amide bonds. The lowest BCUT2D eigenvalue weighted by atomic mass is 10.2. The topological polar surface area (TPSA) is 125 Å². The first kappa shape index (κ1) is 14.3. The number of hydrogen-bond acceptors (Lipinski definition) is 8. The number of rotatable bonds is 5. The lowest BCUT2D eigenvalue weighted by molar-refractivity contribution is -0.0557. The molecular formula is C11H15N5O4P+. The van der Waals surface area contributed by atoms with Crippen molar-refractivity contribution in [3.8, 4) is 0 Å². The standard InChI is InChI=1S/C11H14N5O4P/c12-9-8-10(14-3-13-9)16(4-15-8)11-7(17)1-6(20-11)2-19-5-21-18/h3-4,6-7,11,17H,1-2,5H2,(H2,12,13,14)/p+1. The van der Waals surface area contributed by atoms with E-state index < -0.39 is 20.8 Å². The summed E-state index contributed by atoms with van der Waals surface area (Å²) in [5.41, 5.74) is 6.71. The number of anilines is 1. The Labute approximate surface area is 121 Å². The first-order chi connectivity index (χ1) is 10.2. The summed E-state index contributed by atoms with van der Waals surface area (Å²) in [6.07, 6.45) is 1.87. The fourth-order valence-electron chi connectivity index (χ4n) is 2.38. The molecule has 0 aliphatic carbocycles. The van der Waals surface area contributed by atoms with Crippen LogP contribution in [0.4, 0.5) is 5.82 Å². The zero-order valence-electron chi connectivity index (χ0n) is 11.0. The van der Waals surface area contributed by atoms with Crippen LogP contribution in [0.15, 0.2) is 12.7 Å². The summed E-state index contributed by atoms with van der Waals surface area (Å²) < 4.78 is 22.9. The molecule has 2 aromatic rings. The van der Waals surface area contributed by atoms with Crippen LogP contribution in [0.25, 0.3) is 11.2 Å². The Morgan fingerprint density at radius 3 is 3.19 bits per heavy atom. The van der Waals surface area contributed by atoms with Crippen LogP contribution in [-0.2, 0) is 14.0 Å². The lowest BCUT2D eigenvalue weighted by Gasteiger charge is -2.16. The third-order valence-corrected chi connectivity index (χ3v) is 3.61. The highest BCUT2D eigenvalue weighted by atomic mass is 31.1. The summed E-state index contributed by atoms with van der Waals surface area (Å²) >= 11 is 0. The molecule has 9 nitrogen and oxygen atoms in total. The van der Waals surface area contributed by atoms with Crippen molar-refractivity contribution in [2.45, 2.75) is 24.9 Å². The highest BCUT2D eigenvalue weighted by Crippen LogP contribution is 2.31. The van der Waals surface area contributed by atoms with Crippen molar-refractivity contribution in [3.05, 3.63) is 12.7 Å². The number of hydrogen-bond donors (Lipinski definition) is 2. The molecule has 1 fully saturated rings. The molecular weight excluding hydrogens is 297 g/mol. The predicted molar refractivity (Wildman–Crippen MR) is 74.1 cm³/mol. The molecule has 1 saturated heterocycles. The molecule has 0 radical (unpaired) electrons. The van der Waals surface area contributed by atoms with Crippen molar-refractivity contribution in [1.29, 1.82) is 0 Å². The van der Waals surface area contributed by atoms with Gasteiger partial charge < -0.3 is 20.3 Å². The van der Waals surface area contributed by atoms with Gasteiger partial charge in [-0.15, -0.1) is 0 Å². The summed E-state index contributed by atoms with van der Waals surface area (Å²) in [5, 5.41) is 10.2. The molecule has 0 saturated carbocycles. The highest BCUT2D eigenvalue weighted by molar-refractivity contribution is 7.23. The van der Waals surface area contributed by atoms with Crippen molar-refractivity contribution in [1.82, 2.24) is 19.5 Å². The van der Waals surface area contributed by atoms with E-state index in [1.54, 1.807) is 4.57 Å². The number of nitrogen functional groups attached to an aromatic ring is 1. The number of aliphatic hydroxyl groups excluding tert-OH is 1. The first-order valence-corrected chi connectivity index (χ1v) is 7.51. The van der Waals surface area contributed by atoms with E-state index in [0.29, 0.717) is 17.6 Å². The maximum Gasteiger partial charge on any atom is 0.353 e. The van der Waals surface area contributed by atoms with E-state index in [9.17, 15) is 9.67 Å². The van der Waals surface area contributed by atoms with Crippen LogP contribution < -0.4 is 5.73 Å². The minimum absolute atomic E-state index is 0.165. The average molecular weight is 312 g/mol. The van der Waals surface area contributed by atoms with Crippen molar-refractivity contribution in [2.24, 2.45) is 0 Å². The average Bonchev–Trinajstić information content (AvgIpc) is 3.04. The fourth-order valence-corrected chi connectivity index (χ4v) is 2.58. The second-order valence-electron chi connectivity index (χ2n) is 4.69. The van der Waals surface area contributed by atoms with Crippen molar-refractivity contribution in [3.63, 3.8) is 0 Å². The normalized spacial score (nSPS) is 25.9. The molecule has 4 atom stereocenters. The molecule has 0 bridgehead atoms. The van der Waals surface area contributed by atoms with Crippen molar-refractivity contribution < 1.29 is 19.1 Å². The van der Waals surface area contributed by atoms with Crippen LogP contribution in [0.1, 0.15) is 12.6 Å². The van der Waals surface area contributed by atoms with Gasteiger partial charge in [0.15, 0.2) is 17.7 Å². The molecule has 4 unspecified atom stereocenters. The smallest absolute Gasteiger partial charge is 0.353 e. The Morgan fingerprint density at radius 1 is 1.52 bits per heavy atom. The number of aliphatic hydroxyl groups is 1. The second-order valence-corrected chi connectivity index (χ2v) is 5.27. The summed E-state index contributed by atoms with van der Waals surface area (Å²) in [7, 11) is -0.505. The minimum Gasteiger partial charge on any atom is -0.388 e. The van der Waals surface area contributed by atoms with Gasteiger partial charge in [-0.25, -0.2) is 15.0 Å². The Hall–Kier alpha value is -1.67. The number of nitrogens with zero attached hydrogens (tertiary/aromatic N) is 4. The highest BCUT2D eigenvalue weighted by Gasteiger charge is 2.36. The Balaban J connectivity index is 1.79. The third-order valence-electron chi connectivity index (χ3n) is 3.29. The van der Waals surface area contributed by atoms with Crippen molar-refractivity contribution >= 4 is 25.4 Å². The molecule has 3 heterocycles. The van der Waals surface area contributed by atoms with E-state index in [-0.39, 0.29) is 24.9 Å². The zero-order chi connectivity index (χ0) is 14.8. The second kappa shape index (κ2) is 5.98. The van der Waals surface area contributed by atoms with E-state index >= 15 is 0 Å². The SMILES string of the molecule is Nc1ncnc2c1ncn2C1OC(COC[PH+]=O)CC1O. The van der Waals surface area contributed by atoms with Gasteiger partial charge in [-0.05, 0) is 0 Å². The summed E-state index contributed by atoms with van der Waals surface area (Å²) in [4.78, 5) is 12.1. The molecule has 0 aromatic carbocycles. The third kappa shape index (κ3) is 2.73. The molecule has 1 aliphatic rings. The van der Waals surface area contributed by atoms with Gasteiger partial charge in [-0.3, -0.25) is 4.57 Å². The molecule has 0 spiro atoms. The van der Waals surface area contributed by atoms with Crippen LogP contribution >= 0.6 is 8.46 Å². The van der Waals surface area contributed by atoms with Crippen LogP contribution in [0, 0.1) is 0 Å². The molecule has 10 heteroatoms. The largest absolute Gasteiger partial charge is 0.388 e. The fraction of sp³-hybridized carbons (Fsp3) is 0.545. The van der Waals surface area contributed by atoms with E-state index in [4.69, 9.17) is 15.2 Å². The maximum atomic E-state index is 10.4. The molecule has 2 aromatic heterocycles. The Bertz CT molecular complexity index is 651. The monoisotopic (exact) mass is 312 g/mol. The van der Waals surface area contributed by atoms with E-state index in [2.05, 4.69) is 15.0 Å². The van der Waals surface area contributed by atoms with Gasteiger partial charge in [0, 0.05) is 6.42 Å². The van der Waals surface area contributed by atoms with E-state index in [1.807, 2.05) is 0 Å². The molecule has 3 N–H and O–H groups in total. The lowest BCUT2D eigenvalue weighted by Crippen LogP contribution is -2.19. The van der Waals surface area contributed by atoms with E-state index in [1.165, 1.54) is 12.7 Å². The van der Waals surface area contributed by atoms with Gasteiger partial charge in [0.05, 0.1) is 19.0 Å². The minimum atomic E-state index is -0.707. The molecule has 1 aliphatic heterocycles. The number of ether oxygens (including phenoxy) is 2. The summed E-state index contributed by atoms with van der Waals surface area (Å²) in [6, 6.07) is 0. The Kier molecular flexibility index (Phi) is 4.07. The number of imidazole rings is 1. The van der Waals surface area contributed by atoms with Gasteiger partial charge in [-0.1, -0.05) is 4.57 Å². The first-order valence-electron chi connectivity index (χ1n) is 6.40. The van der Waals surface area contributed by atoms with Gasteiger partial charge in [0.1, 0.15) is 17.9 Å².